The van der Waals surface area contributed by atoms with Crippen LogP contribution in [0.4, 0.5) is 0 Å². The molecule has 1 aromatic heterocycles. The Morgan fingerprint density at radius 2 is 2.05 bits per heavy atom. The molecule has 0 fully saturated rings. The summed E-state index contributed by atoms with van der Waals surface area (Å²) in [5.74, 6) is 1.68. The van der Waals surface area contributed by atoms with Crippen LogP contribution in [0.25, 0.3) is 11.4 Å². The van der Waals surface area contributed by atoms with E-state index in [1.807, 2.05) is 42.8 Å². The van der Waals surface area contributed by atoms with Crippen molar-refractivity contribution in [2.24, 2.45) is 7.05 Å². The molecule has 0 aliphatic heterocycles. The van der Waals surface area contributed by atoms with Gasteiger partial charge >= 0.3 is 0 Å². The van der Waals surface area contributed by atoms with Crippen molar-refractivity contribution in [1.82, 2.24) is 9.55 Å². The van der Waals surface area contributed by atoms with Crippen molar-refractivity contribution in [2.45, 2.75) is 13.3 Å². The number of rotatable bonds is 4. The van der Waals surface area contributed by atoms with Crippen LogP contribution in [0.15, 0.2) is 28.9 Å². The van der Waals surface area contributed by atoms with E-state index in [4.69, 9.17) is 10.00 Å². The zero-order chi connectivity index (χ0) is 13.8. The number of benzene rings is 1. The first kappa shape index (κ1) is 13.6. The first-order valence-electron chi connectivity index (χ1n) is 5.98. The van der Waals surface area contributed by atoms with Gasteiger partial charge in [-0.3, -0.25) is 0 Å². The van der Waals surface area contributed by atoms with Gasteiger partial charge in [0.2, 0.25) is 0 Å². The van der Waals surface area contributed by atoms with Crippen molar-refractivity contribution in [3.8, 4) is 23.2 Å². The van der Waals surface area contributed by atoms with E-state index in [0.717, 1.165) is 27.4 Å². The van der Waals surface area contributed by atoms with Gasteiger partial charge < -0.3 is 9.30 Å². The topological polar surface area (TPSA) is 50.8 Å². The number of ether oxygens (including phenoxy) is 1. The Morgan fingerprint density at radius 3 is 2.63 bits per heavy atom. The molecule has 2 aromatic rings. The third-order valence-electron chi connectivity index (χ3n) is 2.76. The van der Waals surface area contributed by atoms with Crippen LogP contribution in [0, 0.1) is 11.3 Å². The summed E-state index contributed by atoms with van der Waals surface area (Å²) in [5.41, 5.74) is 1.75. The minimum atomic E-state index is 0.297. The summed E-state index contributed by atoms with van der Waals surface area (Å²) in [6, 6.07) is 9.90. The third kappa shape index (κ3) is 2.79. The molecule has 0 radical (unpaired) electrons. The minimum Gasteiger partial charge on any atom is -0.494 e. The molecule has 19 heavy (non-hydrogen) atoms. The molecule has 0 aliphatic carbocycles. The maximum atomic E-state index is 8.77. The van der Waals surface area contributed by atoms with Crippen molar-refractivity contribution in [3.63, 3.8) is 0 Å². The van der Waals surface area contributed by atoms with Crippen molar-refractivity contribution in [2.75, 3.05) is 6.61 Å². The van der Waals surface area contributed by atoms with E-state index in [9.17, 15) is 0 Å². The molecule has 2 rings (SSSR count). The summed E-state index contributed by atoms with van der Waals surface area (Å²) in [7, 11) is 1.92. The molecule has 0 N–H and O–H groups in total. The van der Waals surface area contributed by atoms with Gasteiger partial charge in [0, 0.05) is 12.6 Å². The van der Waals surface area contributed by atoms with Crippen LogP contribution in [0.1, 0.15) is 12.6 Å². The predicted octanol–water partition coefficient (Wildman–Crippen LogP) is 3.31. The van der Waals surface area contributed by atoms with E-state index < -0.39 is 0 Å². The molecule has 0 bridgehead atoms. The Hall–Kier alpha value is -1.80. The van der Waals surface area contributed by atoms with Gasteiger partial charge in [-0.1, -0.05) is 0 Å². The second-order valence-corrected chi connectivity index (χ2v) is 4.78. The van der Waals surface area contributed by atoms with E-state index >= 15 is 0 Å². The van der Waals surface area contributed by atoms with Crippen molar-refractivity contribution < 1.29 is 4.74 Å². The minimum absolute atomic E-state index is 0.297. The second kappa shape index (κ2) is 5.89. The average Bonchev–Trinajstić information content (AvgIpc) is 2.69. The fraction of sp³-hybridized carbons (Fsp3) is 0.286. The molecule has 1 heterocycles. The quantitative estimate of drug-likeness (QED) is 0.868. The molecule has 0 saturated carbocycles. The first-order chi connectivity index (χ1) is 9.17. The Bertz CT molecular complexity index is 611. The SMILES string of the molecule is CCOc1ccc(-c2nc(CC#N)c(Br)n2C)cc1. The number of nitriles is 1. The fourth-order valence-electron chi connectivity index (χ4n) is 1.85. The molecule has 98 valence electrons. The fourth-order valence-corrected chi connectivity index (χ4v) is 2.24. The van der Waals surface area contributed by atoms with Crippen LogP contribution in [-0.2, 0) is 13.5 Å². The van der Waals surface area contributed by atoms with Crippen molar-refractivity contribution in [1.29, 1.82) is 5.26 Å². The summed E-state index contributed by atoms with van der Waals surface area (Å²) in [5, 5.41) is 8.77. The van der Waals surface area contributed by atoms with E-state index in [1.54, 1.807) is 0 Å². The molecule has 1 aromatic carbocycles. The maximum Gasteiger partial charge on any atom is 0.140 e. The molecule has 0 spiro atoms. The van der Waals surface area contributed by atoms with Crippen LogP contribution in [0.2, 0.25) is 0 Å². The zero-order valence-electron chi connectivity index (χ0n) is 10.9. The average molecular weight is 320 g/mol. The van der Waals surface area contributed by atoms with Gasteiger partial charge in [-0.05, 0) is 47.1 Å². The highest BCUT2D eigenvalue weighted by Crippen LogP contribution is 2.26. The second-order valence-electron chi connectivity index (χ2n) is 4.02. The molecule has 0 amide bonds. The zero-order valence-corrected chi connectivity index (χ0v) is 12.4. The van der Waals surface area contributed by atoms with Crippen LogP contribution >= 0.6 is 15.9 Å². The van der Waals surface area contributed by atoms with Gasteiger partial charge in [-0.15, -0.1) is 0 Å². The lowest BCUT2D eigenvalue weighted by molar-refractivity contribution is 0.340. The Labute approximate surface area is 120 Å². The summed E-state index contributed by atoms with van der Waals surface area (Å²) < 4.78 is 8.19. The lowest BCUT2D eigenvalue weighted by atomic mass is 10.2. The summed E-state index contributed by atoms with van der Waals surface area (Å²) >= 11 is 3.46. The molecule has 4 nitrogen and oxygen atoms in total. The van der Waals surface area contributed by atoms with Gasteiger partial charge in [-0.25, -0.2) is 4.98 Å². The highest BCUT2D eigenvalue weighted by Gasteiger charge is 2.13. The number of imidazole rings is 1. The smallest absolute Gasteiger partial charge is 0.140 e. The number of hydrogen-bond donors (Lipinski definition) is 0. The largest absolute Gasteiger partial charge is 0.494 e. The van der Waals surface area contributed by atoms with E-state index in [1.165, 1.54) is 0 Å². The molecular formula is C14H14BrN3O. The van der Waals surface area contributed by atoms with Gasteiger partial charge in [0.1, 0.15) is 16.2 Å². The standard InChI is InChI=1S/C14H14BrN3O/c1-3-19-11-6-4-10(5-7-11)14-17-12(8-9-16)13(15)18(14)2/h4-7H,3,8H2,1-2H3. The monoisotopic (exact) mass is 319 g/mol. The third-order valence-corrected chi connectivity index (χ3v) is 3.75. The van der Waals surface area contributed by atoms with E-state index in [0.29, 0.717) is 13.0 Å². The normalized spacial score (nSPS) is 10.2. The molecule has 0 unspecified atom stereocenters. The van der Waals surface area contributed by atoms with Gasteiger partial charge in [0.05, 0.1) is 24.8 Å². The predicted molar refractivity (Wildman–Crippen MR) is 76.8 cm³/mol. The lowest BCUT2D eigenvalue weighted by Crippen LogP contribution is -1.94. The summed E-state index contributed by atoms with van der Waals surface area (Å²) in [6.45, 7) is 2.61. The Morgan fingerprint density at radius 1 is 1.37 bits per heavy atom. The Kier molecular flexibility index (Phi) is 4.23. The van der Waals surface area contributed by atoms with Gasteiger partial charge in [0.15, 0.2) is 0 Å². The Balaban J connectivity index is 2.36. The van der Waals surface area contributed by atoms with Crippen LogP contribution in [-0.4, -0.2) is 16.2 Å². The summed E-state index contributed by atoms with van der Waals surface area (Å²) in [4.78, 5) is 4.50. The number of nitrogens with zero attached hydrogens (tertiary/aromatic N) is 3. The lowest BCUT2D eigenvalue weighted by Gasteiger charge is -2.05. The van der Waals surface area contributed by atoms with Gasteiger partial charge in [-0.2, -0.15) is 5.26 Å². The van der Waals surface area contributed by atoms with E-state index in [2.05, 4.69) is 27.0 Å². The van der Waals surface area contributed by atoms with Gasteiger partial charge in [0.25, 0.3) is 0 Å². The molecular weight excluding hydrogens is 306 g/mol. The van der Waals surface area contributed by atoms with Crippen LogP contribution < -0.4 is 4.74 Å². The number of aromatic nitrogens is 2. The van der Waals surface area contributed by atoms with Crippen LogP contribution in [0.5, 0.6) is 5.75 Å². The number of halogens is 1. The van der Waals surface area contributed by atoms with Crippen LogP contribution in [0.3, 0.4) is 0 Å². The molecule has 0 aliphatic rings. The molecule has 5 heteroatoms. The van der Waals surface area contributed by atoms with Crippen molar-refractivity contribution >= 4 is 15.9 Å². The summed E-state index contributed by atoms with van der Waals surface area (Å²) in [6.07, 6.45) is 0.297. The molecule has 0 atom stereocenters. The molecule has 0 saturated heterocycles. The van der Waals surface area contributed by atoms with Crippen molar-refractivity contribution in [3.05, 3.63) is 34.6 Å². The highest BCUT2D eigenvalue weighted by molar-refractivity contribution is 9.10. The van der Waals surface area contributed by atoms with E-state index in [-0.39, 0.29) is 0 Å². The number of hydrogen-bond acceptors (Lipinski definition) is 3. The first-order valence-corrected chi connectivity index (χ1v) is 6.78. The highest BCUT2D eigenvalue weighted by atomic mass is 79.9. The maximum absolute atomic E-state index is 8.77.